The maximum absolute atomic E-state index is 12.1. The summed E-state index contributed by atoms with van der Waals surface area (Å²) >= 11 is 1.54. The first kappa shape index (κ1) is 13.3. The molecule has 1 atom stereocenters. The first-order valence-corrected chi connectivity index (χ1v) is 7.22. The smallest absolute Gasteiger partial charge is 0.387 e. The van der Waals surface area contributed by atoms with Crippen molar-refractivity contribution in [3.8, 4) is 5.75 Å². The highest BCUT2D eigenvalue weighted by molar-refractivity contribution is 7.15. The van der Waals surface area contributed by atoms with E-state index in [1.165, 1.54) is 4.88 Å². The molecule has 3 nitrogen and oxygen atoms in total. The van der Waals surface area contributed by atoms with Crippen LogP contribution in [0, 0.1) is 0 Å². The zero-order valence-electron chi connectivity index (χ0n) is 10.7. The van der Waals surface area contributed by atoms with E-state index in [1.54, 1.807) is 23.5 Å². The van der Waals surface area contributed by atoms with Crippen molar-refractivity contribution < 1.29 is 13.5 Å². The van der Waals surface area contributed by atoms with Crippen LogP contribution in [0.15, 0.2) is 24.3 Å². The number of benzene rings is 1. The molecule has 106 valence electrons. The van der Waals surface area contributed by atoms with E-state index >= 15 is 0 Å². The number of anilines is 1. The van der Waals surface area contributed by atoms with Crippen molar-refractivity contribution in [3.05, 3.63) is 40.4 Å². The number of aryl methyl sites for hydroxylation is 1. The highest BCUT2D eigenvalue weighted by atomic mass is 32.1. The van der Waals surface area contributed by atoms with Gasteiger partial charge in [-0.2, -0.15) is 8.78 Å². The summed E-state index contributed by atoms with van der Waals surface area (Å²) in [6.07, 6.45) is 2.84. The lowest BCUT2D eigenvalue weighted by molar-refractivity contribution is -0.0498. The molecule has 1 aromatic heterocycles. The van der Waals surface area contributed by atoms with E-state index in [9.17, 15) is 8.78 Å². The van der Waals surface area contributed by atoms with Crippen molar-refractivity contribution in [2.45, 2.75) is 31.8 Å². The Bertz CT molecular complexity index is 598. The SMILES string of the molecule is Nc1nc2c(s1)CC(c1ccc(OC(F)F)cc1)CC2. The van der Waals surface area contributed by atoms with Crippen LogP contribution < -0.4 is 10.5 Å². The van der Waals surface area contributed by atoms with Gasteiger partial charge in [-0.3, -0.25) is 0 Å². The maximum Gasteiger partial charge on any atom is 0.387 e. The van der Waals surface area contributed by atoms with Gasteiger partial charge in [0.15, 0.2) is 5.13 Å². The third-order valence-corrected chi connectivity index (χ3v) is 4.48. The molecule has 0 saturated carbocycles. The van der Waals surface area contributed by atoms with E-state index in [1.807, 2.05) is 12.1 Å². The van der Waals surface area contributed by atoms with E-state index < -0.39 is 6.61 Å². The molecule has 0 spiro atoms. The molecular weight excluding hydrogens is 282 g/mol. The molecule has 6 heteroatoms. The molecule has 1 aliphatic carbocycles. The average molecular weight is 296 g/mol. The summed E-state index contributed by atoms with van der Waals surface area (Å²) in [4.78, 5) is 5.56. The lowest BCUT2D eigenvalue weighted by Crippen LogP contribution is -2.11. The second-order valence-electron chi connectivity index (χ2n) is 4.81. The van der Waals surface area contributed by atoms with Crippen LogP contribution in [0.2, 0.25) is 0 Å². The Kier molecular flexibility index (Phi) is 3.56. The van der Waals surface area contributed by atoms with Crippen molar-refractivity contribution in [3.63, 3.8) is 0 Å². The first-order chi connectivity index (χ1) is 9.61. The highest BCUT2D eigenvalue weighted by Gasteiger charge is 2.23. The Morgan fingerprint density at radius 1 is 1.30 bits per heavy atom. The van der Waals surface area contributed by atoms with Gasteiger partial charge >= 0.3 is 6.61 Å². The number of alkyl halides is 2. The van der Waals surface area contributed by atoms with Crippen LogP contribution in [0.3, 0.4) is 0 Å². The normalized spacial score (nSPS) is 18.1. The number of thiazole rings is 1. The number of hydrogen-bond acceptors (Lipinski definition) is 4. The molecule has 0 radical (unpaired) electrons. The fourth-order valence-corrected chi connectivity index (χ4v) is 3.56. The number of halogens is 2. The first-order valence-electron chi connectivity index (χ1n) is 6.40. The molecule has 20 heavy (non-hydrogen) atoms. The molecule has 1 aliphatic rings. The minimum absolute atomic E-state index is 0.197. The Labute approximate surface area is 119 Å². The van der Waals surface area contributed by atoms with Crippen LogP contribution >= 0.6 is 11.3 Å². The van der Waals surface area contributed by atoms with Crippen LogP contribution in [0.25, 0.3) is 0 Å². The molecule has 0 amide bonds. The van der Waals surface area contributed by atoms with Crippen LogP contribution in [-0.2, 0) is 12.8 Å². The number of nitrogens with two attached hydrogens (primary N) is 1. The number of ether oxygens (including phenoxy) is 1. The van der Waals surface area contributed by atoms with Gasteiger partial charge in [0.25, 0.3) is 0 Å². The van der Waals surface area contributed by atoms with Gasteiger partial charge in [-0.1, -0.05) is 12.1 Å². The second kappa shape index (κ2) is 5.36. The minimum atomic E-state index is -2.78. The molecule has 0 fully saturated rings. The van der Waals surface area contributed by atoms with Crippen LogP contribution in [0.5, 0.6) is 5.75 Å². The molecule has 0 saturated heterocycles. The quantitative estimate of drug-likeness (QED) is 0.941. The van der Waals surface area contributed by atoms with Gasteiger partial charge < -0.3 is 10.5 Å². The molecule has 2 aromatic rings. The van der Waals surface area contributed by atoms with E-state index in [0.717, 1.165) is 30.5 Å². The fourth-order valence-electron chi connectivity index (χ4n) is 2.60. The predicted octanol–water partition coefficient (Wildman–Crippen LogP) is 3.60. The molecule has 2 N–H and O–H groups in total. The molecule has 0 aliphatic heterocycles. The molecule has 1 aromatic carbocycles. The molecule has 1 unspecified atom stereocenters. The van der Waals surface area contributed by atoms with Crippen LogP contribution in [-0.4, -0.2) is 11.6 Å². The molecular formula is C14H14F2N2OS. The third-order valence-electron chi connectivity index (χ3n) is 3.53. The second-order valence-corrected chi connectivity index (χ2v) is 5.92. The zero-order valence-corrected chi connectivity index (χ0v) is 11.5. The summed E-state index contributed by atoms with van der Waals surface area (Å²) in [6.45, 7) is -2.78. The summed E-state index contributed by atoms with van der Waals surface area (Å²) < 4.78 is 28.6. The molecule has 0 bridgehead atoms. The topological polar surface area (TPSA) is 48.1 Å². The van der Waals surface area contributed by atoms with E-state index in [-0.39, 0.29) is 5.75 Å². The minimum Gasteiger partial charge on any atom is -0.435 e. The van der Waals surface area contributed by atoms with Gasteiger partial charge in [0, 0.05) is 4.88 Å². The van der Waals surface area contributed by atoms with Gasteiger partial charge in [-0.25, -0.2) is 4.98 Å². The van der Waals surface area contributed by atoms with Gasteiger partial charge in [-0.05, 0) is 42.9 Å². The molecule has 3 rings (SSSR count). The number of hydrogen-bond donors (Lipinski definition) is 1. The standard InChI is InChI=1S/C14H14F2N2OS/c15-13(16)19-10-4-1-8(2-5-10)9-3-6-11-12(7-9)20-14(17)18-11/h1-2,4-5,9,13H,3,6-7H2,(H2,17,18). The lowest BCUT2D eigenvalue weighted by atomic mass is 9.85. The summed E-state index contributed by atoms with van der Waals surface area (Å²) in [5.74, 6) is 0.588. The number of rotatable bonds is 3. The van der Waals surface area contributed by atoms with Gasteiger partial charge in [0.2, 0.25) is 0 Å². The van der Waals surface area contributed by atoms with Crippen molar-refractivity contribution in [1.29, 1.82) is 0 Å². The number of fused-ring (bicyclic) bond motifs is 1. The van der Waals surface area contributed by atoms with Crippen molar-refractivity contribution in [2.75, 3.05) is 5.73 Å². The lowest BCUT2D eigenvalue weighted by Gasteiger charge is -2.21. The molecule has 1 heterocycles. The number of aromatic nitrogens is 1. The number of nitrogens with zero attached hydrogens (tertiary/aromatic N) is 1. The van der Waals surface area contributed by atoms with Gasteiger partial charge in [0.1, 0.15) is 5.75 Å². The summed E-state index contributed by atoms with van der Waals surface area (Å²) in [5.41, 5.74) is 7.98. The van der Waals surface area contributed by atoms with E-state index in [0.29, 0.717) is 11.0 Å². The Morgan fingerprint density at radius 3 is 2.75 bits per heavy atom. The van der Waals surface area contributed by atoms with Gasteiger partial charge in [-0.15, -0.1) is 11.3 Å². The number of nitrogen functional groups attached to an aromatic ring is 1. The van der Waals surface area contributed by atoms with Gasteiger partial charge in [0.05, 0.1) is 5.69 Å². The van der Waals surface area contributed by atoms with Crippen molar-refractivity contribution in [2.24, 2.45) is 0 Å². The largest absolute Gasteiger partial charge is 0.435 e. The summed E-state index contributed by atoms with van der Waals surface area (Å²) in [7, 11) is 0. The Morgan fingerprint density at radius 2 is 2.05 bits per heavy atom. The predicted molar refractivity (Wildman–Crippen MR) is 74.4 cm³/mol. The Hall–Kier alpha value is -1.69. The van der Waals surface area contributed by atoms with E-state index in [4.69, 9.17) is 5.73 Å². The van der Waals surface area contributed by atoms with Crippen LogP contribution in [0.1, 0.15) is 28.5 Å². The zero-order chi connectivity index (χ0) is 14.1. The fraction of sp³-hybridized carbons (Fsp3) is 0.357. The highest BCUT2D eigenvalue weighted by Crippen LogP contribution is 2.36. The average Bonchev–Trinajstić information content (AvgIpc) is 2.78. The van der Waals surface area contributed by atoms with Crippen molar-refractivity contribution in [1.82, 2.24) is 4.98 Å². The summed E-state index contributed by atoms with van der Waals surface area (Å²) in [5, 5.41) is 0.622. The summed E-state index contributed by atoms with van der Waals surface area (Å²) in [6, 6.07) is 6.91. The van der Waals surface area contributed by atoms with Crippen LogP contribution in [0.4, 0.5) is 13.9 Å². The van der Waals surface area contributed by atoms with Crippen molar-refractivity contribution >= 4 is 16.5 Å². The third kappa shape index (κ3) is 2.75. The monoisotopic (exact) mass is 296 g/mol. The van der Waals surface area contributed by atoms with E-state index in [2.05, 4.69) is 9.72 Å². The Balaban J connectivity index is 1.74. The maximum atomic E-state index is 12.1.